The molecule has 118 valence electrons. The van der Waals surface area contributed by atoms with Gasteiger partial charge >= 0.3 is 6.09 Å². The molecule has 1 aliphatic heterocycles. The Morgan fingerprint density at radius 1 is 1.41 bits per heavy atom. The van der Waals surface area contributed by atoms with E-state index >= 15 is 0 Å². The summed E-state index contributed by atoms with van der Waals surface area (Å²) in [6, 6.07) is 5.80. The minimum Gasteiger partial charge on any atom is -0.445 e. The van der Waals surface area contributed by atoms with Crippen molar-refractivity contribution in [2.24, 2.45) is 0 Å². The number of carbonyl (C=O) groups is 2. The number of nitro groups is 1. The van der Waals surface area contributed by atoms with Crippen LogP contribution in [0.2, 0.25) is 0 Å². The molecule has 2 rings (SSSR count). The van der Waals surface area contributed by atoms with Gasteiger partial charge in [0.1, 0.15) is 6.61 Å². The molecular formula is C14H17N3O5. The number of ether oxygens (including phenoxy) is 1. The van der Waals surface area contributed by atoms with Crippen LogP contribution in [-0.2, 0) is 16.1 Å². The van der Waals surface area contributed by atoms with Crippen LogP contribution in [0.1, 0.15) is 12.5 Å². The molecule has 8 heteroatoms. The lowest BCUT2D eigenvalue weighted by molar-refractivity contribution is -0.384. The van der Waals surface area contributed by atoms with Gasteiger partial charge in [-0.1, -0.05) is 0 Å². The first kappa shape index (κ1) is 15.7. The number of hydrogen-bond acceptors (Lipinski definition) is 5. The fourth-order valence-electron chi connectivity index (χ4n) is 2.24. The number of nitrogens with zero attached hydrogens (tertiary/aromatic N) is 3. The molecule has 1 aromatic rings. The molecule has 0 unspecified atom stereocenters. The average molecular weight is 307 g/mol. The molecular weight excluding hydrogens is 290 g/mol. The predicted octanol–water partition coefficient (Wildman–Crippen LogP) is 1.39. The van der Waals surface area contributed by atoms with Gasteiger partial charge in [0.05, 0.1) is 4.92 Å². The normalized spacial score (nSPS) is 18.0. The van der Waals surface area contributed by atoms with E-state index in [1.165, 1.54) is 12.1 Å². The Kier molecular flexibility index (Phi) is 4.92. The van der Waals surface area contributed by atoms with Crippen LogP contribution in [0.3, 0.4) is 0 Å². The van der Waals surface area contributed by atoms with E-state index in [1.54, 1.807) is 21.9 Å². The maximum atomic E-state index is 12.0. The molecule has 0 radical (unpaired) electrons. The maximum Gasteiger partial charge on any atom is 0.410 e. The molecule has 1 heterocycles. The Morgan fingerprint density at radius 2 is 2.09 bits per heavy atom. The fraction of sp³-hybridized carbons (Fsp3) is 0.429. The van der Waals surface area contributed by atoms with Crippen molar-refractivity contribution < 1.29 is 19.2 Å². The van der Waals surface area contributed by atoms with Crippen LogP contribution in [0.4, 0.5) is 10.5 Å². The third-order valence-electron chi connectivity index (χ3n) is 3.58. The van der Waals surface area contributed by atoms with Gasteiger partial charge in [0, 0.05) is 37.8 Å². The Hall–Kier alpha value is -2.64. The molecule has 0 saturated carbocycles. The summed E-state index contributed by atoms with van der Waals surface area (Å²) in [7, 11) is 0. The highest BCUT2D eigenvalue weighted by Crippen LogP contribution is 2.14. The number of carbonyl (C=O) groups excluding carboxylic acids is 2. The van der Waals surface area contributed by atoms with Crippen molar-refractivity contribution in [1.29, 1.82) is 0 Å². The zero-order valence-electron chi connectivity index (χ0n) is 12.2. The second kappa shape index (κ2) is 6.88. The van der Waals surface area contributed by atoms with Gasteiger partial charge in [0.15, 0.2) is 0 Å². The maximum absolute atomic E-state index is 12.0. The number of amides is 2. The third-order valence-corrected chi connectivity index (χ3v) is 3.58. The smallest absolute Gasteiger partial charge is 0.410 e. The molecule has 1 atom stereocenters. The number of nitro benzene ring substituents is 1. The molecule has 0 N–H and O–H groups in total. The summed E-state index contributed by atoms with van der Waals surface area (Å²) in [5.74, 6) is 0. The van der Waals surface area contributed by atoms with E-state index in [4.69, 9.17) is 4.74 Å². The Balaban J connectivity index is 1.85. The van der Waals surface area contributed by atoms with Crippen molar-refractivity contribution >= 4 is 18.2 Å². The summed E-state index contributed by atoms with van der Waals surface area (Å²) >= 11 is 0. The van der Waals surface area contributed by atoms with Gasteiger partial charge in [0.2, 0.25) is 6.41 Å². The molecule has 1 aromatic carbocycles. The van der Waals surface area contributed by atoms with Crippen molar-refractivity contribution in [3.8, 4) is 0 Å². The first-order valence-electron chi connectivity index (χ1n) is 6.87. The third kappa shape index (κ3) is 3.72. The lowest BCUT2D eigenvalue weighted by atomic mass is 10.2. The number of piperazine rings is 1. The molecule has 22 heavy (non-hydrogen) atoms. The lowest BCUT2D eigenvalue weighted by Crippen LogP contribution is -2.53. The van der Waals surface area contributed by atoms with Crippen molar-refractivity contribution in [3.05, 3.63) is 39.9 Å². The average Bonchev–Trinajstić information content (AvgIpc) is 2.52. The van der Waals surface area contributed by atoms with E-state index in [1.807, 2.05) is 6.92 Å². The number of rotatable bonds is 4. The van der Waals surface area contributed by atoms with E-state index in [0.29, 0.717) is 25.2 Å². The highest BCUT2D eigenvalue weighted by atomic mass is 16.6. The van der Waals surface area contributed by atoms with E-state index < -0.39 is 11.0 Å². The van der Waals surface area contributed by atoms with Crippen molar-refractivity contribution in [2.75, 3.05) is 19.6 Å². The first-order chi connectivity index (χ1) is 10.5. The standard InChI is InChI=1S/C14H17N3O5/c1-11-8-15(6-7-16(11)10-18)14(19)22-9-12-2-4-13(5-3-12)17(20)21/h2-5,10-11H,6-9H2,1H3/t11-/m0/s1. The van der Waals surface area contributed by atoms with Gasteiger partial charge in [0.25, 0.3) is 5.69 Å². The van der Waals surface area contributed by atoms with Crippen LogP contribution < -0.4 is 0 Å². The van der Waals surface area contributed by atoms with E-state index in [0.717, 1.165) is 6.41 Å². The monoisotopic (exact) mass is 307 g/mol. The van der Waals surface area contributed by atoms with Crippen LogP contribution in [0.5, 0.6) is 0 Å². The number of non-ortho nitro benzene ring substituents is 1. The second-order valence-corrected chi connectivity index (χ2v) is 5.12. The Labute approximate surface area is 127 Å². The fourth-order valence-corrected chi connectivity index (χ4v) is 2.24. The highest BCUT2D eigenvalue weighted by Gasteiger charge is 2.26. The van der Waals surface area contributed by atoms with Gasteiger partial charge in [-0.2, -0.15) is 0 Å². The van der Waals surface area contributed by atoms with E-state index in [9.17, 15) is 19.7 Å². The minimum absolute atomic E-state index is 0.00566. The summed E-state index contributed by atoms with van der Waals surface area (Å²) in [5, 5.41) is 10.6. The molecule has 1 fully saturated rings. The molecule has 1 aliphatic rings. The van der Waals surface area contributed by atoms with Crippen LogP contribution in [0.15, 0.2) is 24.3 Å². The summed E-state index contributed by atoms with van der Waals surface area (Å²) in [6.45, 7) is 3.26. The quantitative estimate of drug-likeness (QED) is 0.476. The second-order valence-electron chi connectivity index (χ2n) is 5.12. The number of hydrogen-bond donors (Lipinski definition) is 0. The summed E-state index contributed by atoms with van der Waals surface area (Å²) < 4.78 is 5.20. The summed E-state index contributed by atoms with van der Waals surface area (Å²) in [5.41, 5.74) is 0.674. The molecule has 8 nitrogen and oxygen atoms in total. The van der Waals surface area contributed by atoms with Crippen LogP contribution in [0, 0.1) is 10.1 Å². The summed E-state index contributed by atoms with van der Waals surface area (Å²) in [6.07, 6.45) is 0.334. The zero-order valence-corrected chi connectivity index (χ0v) is 12.2. The van der Waals surface area contributed by atoms with Crippen LogP contribution in [-0.4, -0.2) is 52.9 Å². The lowest BCUT2D eigenvalue weighted by Gasteiger charge is -2.37. The van der Waals surface area contributed by atoms with Gasteiger partial charge < -0.3 is 14.5 Å². The SMILES string of the molecule is C[C@H]1CN(C(=O)OCc2ccc([N+](=O)[O-])cc2)CCN1C=O. The van der Waals surface area contributed by atoms with Gasteiger partial charge in [-0.05, 0) is 24.6 Å². The summed E-state index contributed by atoms with van der Waals surface area (Å²) in [4.78, 5) is 36.0. The Bertz CT molecular complexity index is 560. The largest absolute Gasteiger partial charge is 0.445 e. The molecule has 0 spiro atoms. The van der Waals surface area contributed by atoms with E-state index in [2.05, 4.69) is 0 Å². The molecule has 0 bridgehead atoms. The van der Waals surface area contributed by atoms with E-state index in [-0.39, 0.29) is 18.3 Å². The Morgan fingerprint density at radius 3 is 2.64 bits per heavy atom. The molecule has 1 saturated heterocycles. The number of benzene rings is 1. The zero-order chi connectivity index (χ0) is 16.1. The highest BCUT2D eigenvalue weighted by molar-refractivity contribution is 5.68. The van der Waals surface area contributed by atoms with Crippen molar-refractivity contribution in [2.45, 2.75) is 19.6 Å². The molecule has 0 aliphatic carbocycles. The van der Waals surface area contributed by atoms with Gasteiger partial charge in [-0.15, -0.1) is 0 Å². The van der Waals surface area contributed by atoms with Crippen molar-refractivity contribution in [3.63, 3.8) is 0 Å². The first-order valence-corrected chi connectivity index (χ1v) is 6.87. The predicted molar refractivity (Wildman–Crippen MR) is 77.1 cm³/mol. The minimum atomic E-state index is -0.482. The van der Waals surface area contributed by atoms with Crippen molar-refractivity contribution in [1.82, 2.24) is 9.80 Å². The topological polar surface area (TPSA) is 93.0 Å². The van der Waals surface area contributed by atoms with Gasteiger partial charge in [-0.25, -0.2) is 4.79 Å². The van der Waals surface area contributed by atoms with Gasteiger partial charge in [-0.3, -0.25) is 14.9 Å². The molecule has 2 amide bonds. The van der Waals surface area contributed by atoms with Crippen LogP contribution in [0.25, 0.3) is 0 Å². The molecule has 0 aromatic heterocycles. The van der Waals surface area contributed by atoms with Crippen LogP contribution >= 0.6 is 0 Å².